The first-order valence-corrected chi connectivity index (χ1v) is 8.94. The summed E-state index contributed by atoms with van der Waals surface area (Å²) in [4.78, 5) is 12.3. The Morgan fingerprint density at radius 1 is 1.22 bits per heavy atom. The van der Waals surface area contributed by atoms with Crippen molar-refractivity contribution in [3.05, 3.63) is 62.7 Å². The molecule has 0 aliphatic carbocycles. The molecule has 3 nitrogen and oxygen atoms in total. The number of rotatable bonds is 7. The van der Waals surface area contributed by atoms with Crippen LogP contribution in [-0.2, 0) is 6.54 Å². The van der Waals surface area contributed by atoms with Crippen LogP contribution in [0.1, 0.15) is 41.3 Å². The molecule has 23 heavy (non-hydrogen) atoms. The summed E-state index contributed by atoms with van der Waals surface area (Å²) in [7, 11) is 0. The highest BCUT2D eigenvalue weighted by Crippen LogP contribution is 2.17. The first kappa shape index (κ1) is 17.8. The zero-order valence-electron chi connectivity index (χ0n) is 13.6. The van der Waals surface area contributed by atoms with Gasteiger partial charge in [0, 0.05) is 10.1 Å². The first-order chi connectivity index (χ1) is 11.1. The van der Waals surface area contributed by atoms with Crippen molar-refractivity contribution in [2.24, 2.45) is 0 Å². The quantitative estimate of drug-likeness (QED) is 0.518. The number of hydrogen-bond donors (Lipinski definition) is 1. The lowest BCUT2D eigenvalue weighted by molar-refractivity contribution is 0.0950. The lowest BCUT2D eigenvalue weighted by Crippen LogP contribution is -2.23. The maximum absolute atomic E-state index is 12.3. The van der Waals surface area contributed by atoms with E-state index in [-0.39, 0.29) is 5.91 Å². The van der Waals surface area contributed by atoms with Crippen molar-refractivity contribution < 1.29 is 9.53 Å². The Hall–Kier alpha value is -1.56. The maximum Gasteiger partial charge on any atom is 0.252 e. The third-order valence-electron chi connectivity index (χ3n) is 3.55. The first-order valence-electron chi connectivity index (χ1n) is 7.87. The van der Waals surface area contributed by atoms with Gasteiger partial charge in [0.1, 0.15) is 5.75 Å². The van der Waals surface area contributed by atoms with Gasteiger partial charge in [-0.2, -0.15) is 0 Å². The standard InChI is InChI=1S/C19H22INO2/c1-3-4-11-23-16-9-6-8-15(12-16)13-21-19(22)17-10-5-7-14(2)18(17)20/h5-10,12H,3-4,11,13H2,1-2H3,(H,21,22). The molecule has 0 aliphatic heterocycles. The average molecular weight is 423 g/mol. The molecule has 2 aromatic rings. The van der Waals surface area contributed by atoms with Gasteiger partial charge in [0.15, 0.2) is 0 Å². The smallest absolute Gasteiger partial charge is 0.252 e. The molecule has 2 rings (SSSR count). The summed E-state index contributed by atoms with van der Waals surface area (Å²) in [5.41, 5.74) is 2.88. The summed E-state index contributed by atoms with van der Waals surface area (Å²) < 4.78 is 6.70. The van der Waals surface area contributed by atoms with Crippen molar-refractivity contribution in [1.29, 1.82) is 0 Å². The largest absolute Gasteiger partial charge is 0.494 e. The maximum atomic E-state index is 12.3. The van der Waals surface area contributed by atoms with Gasteiger partial charge in [-0.3, -0.25) is 4.79 Å². The number of carbonyl (C=O) groups is 1. The van der Waals surface area contributed by atoms with Crippen LogP contribution in [0.15, 0.2) is 42.5 Å². The minimum atomic E-state index is -0.0459. The summed E-state index contributed by atoms with van der Waals surface area (Å²) in [5.74, 6) is 0.811. The van der Waals surface area contributed by atoms with Crippen LogP contribution in [0.25, 0.3) is 0 Å². The summed E-state index contributed by atoms with van der Waals surface area (Å²) in [6, 6.07) is 13.7. The Morgan fingerprint density at radius 2 is 2.00 bits per heavy atom. The molecule has 0 atom stereocenters. The molecule has 0 spiro atoms. The van der Waals surface area contributed by atoms with Crippen LogP contribution in [0.4, 0.5) is 0 Å². The molecular formula is C19H22INO2. The molecule has 0 unspecified atom stereocenters. The molecule has 2 aromatic carbocycles. The Bertz CT molecular complexity index is 670. The number of ether oxygens (including phenoxy) is 1. The number of halogens is 1. The number of aryl methyl sites for hydroxylation is 1. The lowest BCUT2D eigenvalue weighted by atomic mass is 10.1. The van der Waals surface area contributed by atoms with E-state index in [0.717, 1.165) is 45.5 Å². The molecule has 1 N–H and O–H groups in total. The van der Waals surface area contributed by atoms with Crippen LogP contribution in [0.5, 0.6) is 5.75 Å². The topological polar surface area (TPSA) is 38.3 Å². The van der Waals surface area contributed by atoms with Gasteiger partial charge in [0.25, 0.3) is 5.91 Å². The molecule has 0 radical (unpaired) electrons. The van der Waals surface area contributed by atoms with Gasteiger partial charge in [-0.25, -0.2) is 0 Å². The van der Waals surface area contributed by atoms with Crippen LogP contribution >= 0.6 is 22.6 Å². The Labute approximate surface area is 151 Å². The van der Waals surface area contributed by atoms with E-state index in [4.69, 9.17) is 4.74 Å². The predicted octanol–water partition coefficient (Wildman–Crippen LogP) is 4.71. The van der Waals surface area contributed by atoms with E-state index in [1.807, 2.05) is 49.4 Å². The number of benzene rings is 2. The molecule has 122 valence electrons. The van der Waals surface area contributed by atoms with Crippen molar-refractivity contribution in [3.63, 3.8) is 0 Å². The summed E-state index contributed by atoms with van der Waals surface area (Å²) >= 11 is 2.22. The third-order valence-corrected chi connectivity index (χ3v) is 4.99. The van der Waals surface area contributed by atoms with Gasteiger partial charge in [0.2, 0.25) is 0 Å². The van der Waals surface area contributed by atoms with Crippen molar-refractivity contribution >= 4 is 28.5 Å². The Morgan fingerprint density at radius 3 is 2.78 bits per heavy atom. The number of carbonyl (C=O) groups excluding carboxylic acids is 1. The van der Waals surface area contributed by atoms with Gasteiger partial charge >= 0.3 is 0 Å². The highest BCUT2D eigenvalue weighted by molar-refractivity contribution is 14.1. The predicted molar refractivity (Wildman–Crippen MR) is 102 cm³/mol. The minimum Gasteiger partial charge on any atom is -0.494 e. The highest BCUT2D eigenvalue weighted by Gasteiger charge is 2.10. The van der Waals surface area contributed by atoms with Crippen molar-refractivity contribution in [2.75, 3.05) is 6.61 Å². The van der Waals surface area contributed by atoms with E-state index in [0.29, 0.717) is 6.54 Å². The van der Waals surface area contributed by atoms with Crippen molar-refractivity contribution in [2.45, 2.75) is 33.2 Å². The molecule has 4 heteroatoms. The fourth-order valence-corrected chi connectivity index (χ4v) is 2.78. The second-order valence-electron chi connectivity index (χ2n) is 5.47. The fraction of sp³-hybridized carbons (Fsp3) is 0.316. The van der Waals surface area contributed by atoms with Gasteiger partial charge in [-0.15, -0.1) is 0 Å². The van der Waals surface area contributed by atoms with Crippen LogP contribution in [-0.4, -0.2) is 12.5 Å². The van der Waals surface area contributed by atoms with E-state index in [2.05, 4.69) is 34.8 Å². The number of amides is 1. The fourth-order valence-electron chi connectivity index (χ4n) is 2.18. The molecular weight excluding hydrogens is 401 g/mol. The summed E-state index contributed by atoms with van der Waals surface area (Å²) in [6.07, 6.45) is 2.16. The van der Waals surface area contributed by atoms with Gasteiger partial charge in [-0.1, -0.05) is 37.6 Å². The molecule has 0 heterocycles. The number of hydrogen-bond acceptors (Lipinski definition) is 2. The van der Waals surface area contributed by atoms with Crippen LogP contribution < -0.4 is 10.1 Å². The molecule has 0 bridgehead atoms. The highest BCUT2D eigenvalue weighted by atomic mass is 127. The summed E-state index contributed by atoms with van der Waals surface area (Å²) in [6.45, 7) is 5.37. The van der Waals surface area contributed by atoms with Crippen LogP contribution in [0, 0.1) is 10.5 Å². The number of unbranched alkanes of at least 4 members (excludes halogenated alkanes) is 1. The molecule has 0 saturated carbocycles. The zero-order chi connectivity index (χ0) is 16.7. The van der Waals surface area contributed by atoms with Gasteiger partial charge in [-0.05, 0) is 65.3 Å². The molecule has 0 fully saturated rings. The minimum absolute atomic E-state index is 0.0459. The second kappa shape index (κ2) is 8.91. The molecule has 1 amide bonds. The normalized spacial score (nSPS) is 10.4. The Kier molecular flexibility index (Phi) is 6.89. The van der Waals surface area contributed by atoms with Crippen molar-refractivity contribution in [1.82, 2.24) is 5.32 Å². The van der Waals surface area contributed by atoms with Gasteiger partial charge in [0.05, 0.1) is 12.2 Å². The van der Waals surface area contributed by atoms with E-state index < -0.39 is 0 Å². The van der Waals surface area contributed by atoms with E-state index >= 15 is 0 Å². The number of nitrogens with one attached hydrogen (secondary N) is 1. The van der Waals surface area contributed by atoms with Gasteiger partial charge < -0.3 is 10.1 Å². The van der Waals surface area contributed by atoms with Crippen LogP contribution in [0.2, 0.25) is 0 Å². The van der Waals surface area contributed by atoms with Crippen molar-refractivity contribution in [3.8, 4) is 5.75 Å². The van der Waals surface area contributed by atoms with E-state index in [9.17, 15) is 4.79 Å². The average Bonchev–Trinajstić information content (AvgIpc) is 2.56. The van der Waals surface area contributed by atoms with E-state index in [1.165, 1.54) is 0 Å². The molecule has 0 aromatic heterocycles. The second-order valence-corrected chi connectivity index (χ2v) is 6.55. The lowest BCUT2D eigenvalue weighted by Gasteiger charge is -2.10. The SMILES string of the molecule is CCCCOc1cccc(CNC(=O)c2cccc(C)c2I)c1. The Balaban J connectivity index is 1.96. The molecule has 0 saturated heterocycles. The zero-order valence-corrected chi connectivity index (χ0v) is 15.7. The molecule has 0 aliphatic rings. The third kappa shape index (κ3) is 5.23. The monoisotopic (exact) mass is 423 g/mol. The van der Waals surface area contributed by atoms with E-state index in [1.54, 1.807) is 0 Å². The summed E-state index contributed by atoms with van der Waals surface area (Å²) in [5, 5.41) is 2.98. The van der Waals surface area contributed by atoms with Crippen LogP contribution in [0.3, 0.4) is 0 Å².